The normalized spacial score (nSPS) is 21.8. The number of carbonyl (C=O) groups is 3. The molecule has 10 nitrogen and oxygen atoms in total. The summed E-state index contributed by atoms with van der Waals surface area (Å²) in [5.74, 6) is 0.732. The molecule has 3 aliphatic heterocycles. The number of carbonyl (C=O) groups excluding carboxylic acids is 3. The zero-order chi connectivity index (χ0) is 32.1. The third-order valence-electron chi connectivity index (χ3n) is 10.2. The fourth-order valence-electron chi connectivity index (χ4n) is 7.74. The van der Waals surface area contributed by atoms with Gasteiger partial charge in [-0.15, -0.1) is 0 Å². The lowest BCUT2D eigenvalue weighted by molar-refractivity contribution is -0.162. The summed E-state index contributed by atoms with van der Waals surface area (Å²) >= 11 is 0. The summed E-state index contributed by atoms with van der Waals surface area (Å²) in [6.45, 7) is 14.1. The Morgan fingerprint density at radius 1 is 1.07 bits per heavy atom. The van der Waals surface area contributed by atoms with Gasteiger partial charge >= 0.3 is 6.09 Å². The molecule has 0 saturated carbocycles. The van der Waals surface area contributed by atoms with Gasteiger partial charge in [0.2, 0.25) is 11.8 Å². The molecule has 1 spiro atoms. The van der Waals surface area contributed by atoms with E-state index in [-0.39, 0.29) is 30.6 Å². The Morgan fingerprint density at radius 2 is 1.76 bits per heavy atom. The van der Waals surface area contributed by atoms with Crippen LogP contribution in [0.1, 0.15) is 94.3 Å². The highest BCUT2D eigenvalue weighted by Gasteiger charge is 2.54. The molecular weight excluding hydrogens is 568 g/mol. The number of amides is 3. The van der Waals surface area contributed by atoms with Crippen LogP contribution >= 0.6 is 0 Å². The number of aromatic amines is 1. The van der Waals surface area contributed by atoms with E-state index in [1.165, 1.54) is 5.56 Å². The molecule has 0 bridgehead atoms. The molecule has 2 atom stereocenters. The first-order valence-electron chi connectivity index (χ1n) is 17.0. The number of rotatable bonds is 10. The quantitative estimate of drug-likeness (QED) is 0.381. The van der Waals surface area contributed by atoms with Crippen molar-refractivity contribution in [1.82, 2.24) is 30.2 Å². The predicted molar refractivity (Wildman–Crippen MR) is 173 cm³/mol. The van der Waals surface area contributed by atoms with Gasteiger partial charge in [-0.1, -0.05) is 57.5 Å². The van der Waals surface area contributed by atoms with Gasteiger partial charge in [0.05, 0.1) is 5.69 Å². The van der Waals surface area contributed by atoms with Gasteiger partial charge in [0.25, 0.3) is 0 Å². The van der Waals surface area contributed by atoms with E-state index in [2.05, 4.69) is 55.0 Å². The average Bonchev–Trinajstić information content (AvgIpc) is 3.37. The van der Waals surface area contributed by atoms with E-state index in [1.54, 1.807) is 0 Å². The van der Waals surface area contributed by atoms with Gasteiger partial charge in [0, 0.05) is 50.0 Å². The topological polar surface area (TPSA) is 111 Å². The highest BCUT2D eigenvalue weighted by molar-refractivity contribution is 6.00. The summed E-state index contributed by atoms with van der Waals surface area (Å²) in [6.07, 6.45) is 5.20. The molecule has 246 valence electrons. The molecule has 5 rings (SSSR count). The summed E-state index contributed by atoms with van der Waals surface area (Å²) in [4.78, 5) is 46.8. The predicted octanol–water partition coefficient (Wildman–Crippen LogP) is 5.12. The second kappa shape index (κ2) is 14.4. The standard InChI is InChI=1S/C35H52N6O4/c1-6-7-17-41-32(42)29(22-24(2)3)36-33(43)35(41)15-20-39(21-16-35)31(30-25(4)37-38-26(30)5)28-13-18-40(19-14-28)34(44)45-23-27-11-9-8-10-12-27/h8-12,24,28-29,31H,6-7,13-23H2,1-5H3,(H,36,43)(H,37,38)/t29-,31?/m0/s1. The number of likely N-dealkylation sites (tertiary alicyclic amines) is 2. The van der Waals surface area contributed by atoms with E-state index in [4.69, 9.17) is 4.74 Å². The van der Waals surface area contributed by atoms with Crippen LogP contribution in [0.25, 0.3) is 0 Å². The number of aromatic nitrogens is 2. The number of H-pyrrole nitrogens is 1. The fraction of sp³-hybridized carbons (Fsp3) is 0.657. The first-order valence-corrected chi connectivity index (χ1v) is 17.0. The molecule has 10 heteroatoms. The summed E-state index contributed by atoms with van der Waals surface area (Å²) in [5.41, 5.74) is 3.46. The highest BCUT2D eigenvalue weighted by atomic mass is 16.6. The first-order chi connectivity index (χ1) is 21.6. The number of piperazine rings is 1. The van der Waals surface area contributed by atoms with Crippen LogP contribution in [0.15, 0.2) is 30.3 Å². The third-order valence-corrected chi connectivity index (χ3v) is 10.2. The Bertz CT molecular complexity index is 1290. The molecule has 0 aliphatic carbocycles. The molecule has 3 saturated heterocycles. The van der Waals surface area contributed by atoms with Crippen molar-refractivity contribution >= 4 is 17.9 Å². The smallest absolute Gasteiger partial charge is 0.410 e. The van der Waals surface area contributed by atoms with Crippen molar-refractivity contribution in [2.75, 3.05) is 32.7 Å². The third kappa shape index (κ3) is 7.05. The molecule has 1 unspecified atom stereocenters. The van der Waals surface area contributed by atoms with Gasteiger partial charge in [-0.2, -0.15) is 5.10 Å². The number of aryl methyl sites for hydroxylation is 2. The molecular formula is C35H52N6O4. The number of unbranched alkanes of at least 4 members (excludes halogenated alkanes) is 1. The molecule has 45 heavy (non-hydrogen) atoms. The highest BCUT2D eigenvalue weighted by Crippen LogP contribution is 2.42. The molecule has 3 aliphatic rings. The number of hydrogen-bond donors (Lipinski definition) is 2. The van der Waals surface area contributed by atoms with Crippen LogP contribution in [-0.2, 0) is 20.9 Å². The summed E-state index contributed by atoms with van der Waals surface area (Å²) < 4.78 is 5.63. The molecule has 2 aromatic rings. The summed E-state index contributed by atoms with van der Waals surface area (Å²) in [5, 5.41) is 10.9. The molecule has 1 aromatic heterocycles. The van der Waals surface area contributed by atoms with Gasteiger partial charge in [0.1, 0.15) is 18.2 Å². The summed E-state index contributed by atoms with van der Waals surface area (Å²) in [6, 6.07) is 9.44. The van der Waals surface area contributed by atoms with Gasteiger partial charge in [-0.25, -0.2) is 4.79 Å². The Balaban J connectivity index is 1.29. The van der Waals surface area contributed by atoms with E-state index in [0.29, 0.717) is 63.8 Å². The number of nitrogens with one attached hydrogen (secondary N) is 2. The second-order valence-electron chi connectivity index (χ2n) is 13.7. The molecule has 4 heterocycles. The monoisotopic (exact) mass is 620 g/mol. The molecule has 2 N–H and O–H groups in total. The number of benzene rings is 1. The van der Waals surface area contributed by atoms with Crippen molar-refractivity contribution in [2.45, 2.75) is 104 Å². The minimum atomic E-state index is -0.798. The van der Waals surface area contributed by atoms with Crippen molar-refractivity contribution in [3.8, 4) is 0 Å². The van der Waals surface area contributed by atoms with E-state index >= 15 is 0 Å². The first kappa shape index (κ1) is 33.0. The van der Waals surface area contributed by atoms with Crippen LogP contribution in [-0.4, -0.2) is 87.1 Å². The van der Waals surface area contributed by atoms with Gasteiger partial charge in [0.15, 0.2) is 0 Å². The van der Waals surface area contributed by atoms with Crippen LogP contribution < -0.4 is 5.32 Å². The van der Waals surface area contributed by atoms with Crippen LogP contribution in [0, 0.1) is 25.7 Å². The van der Waals surface area contributed by atoms with Crippen molar-refractivity contribution in [3.05, 3.63) is 52.8 Å². The Hall–Kier alpha value is -3.40. The van der Waals surface area contributed by atoms with Gasteiger partial charge in [-0.3, -0.25) is 19.6 Å². The lowest BCUT2D eigenvalue weighted by atomic mass is 9.78. The van der Waals surface area contributed by atoms with Crippen LogP contribution in [0.5, 0.6) is 0 Å². The minimum absolute atomic E-state index is 0.0121. The maximum Gasteiger partial charge on any atom is 0.410 e. The minimum Gasteiger partial charge on any atom is -0.445 e. The SMILES string of the molecule is CCCCN1C(=O)[C@H](CC(C)C)NC(=O)C12CCN(C(c1c(C)n[nH]c1C)C1CCN(C(=O)OCc3ccccc3)CC1)CC2. The lowest BCUT2D eigenvalue weighted by Gasteiger charge is -2.53. The Labute approximate surface area is 268 Å². The number of nitrogens with zero attached hydrogens (tertiary/aromatic N) is 4. The van der Waals surface area contributed by atoms with Crippen molar-refractivity contribution in [2.24, 2.45) is 11.8 Å². The van der Waals surface area contributed by atoms with Gasteiger partial charge < -0.3 is 19.9 Å². The van der Waals surface area contributed by atoms with E-state index < -0.39 is 11.6 Å². The number of hydrogen-bond acceptors (Lipinski definition) is 6. The maximum atomic E-state index is 13.9. The molecule has 0 radical (unpaired) electrons. The van der Waals surface area contributed by atoms with E-state index in [9.17, 15) is 14.4 Å². The largest absolute Gasteiger partial charge is 0.445 e. The van der Waals surface area contributed by atoms with Crippen molar-refractivity contribution in [1.29, 1.82) is 0 Å². The van der Waals surface area contributed by atoms with Crippen molar-refractivity contribution < 1.29 is 19.1 Å². The molecule has 3 fully saturated rings. The van der Waals surface area contributed by atoms with E-state index in [1.807, 2.05) is 40.1 Å². The number of ether oxygens (including phenoxy) is 1. The Kier molecular flexibility index (Phi) is 10.5. The summed E-state index contributed by atoms with van der Waals surface area (Å²) in [7, 11) is 0. The maximum absolute atomic E-state index is 13.9. The number of piperidine rings is 2. The van der Waals surface area contributed by atoms with Crippen LogP contribution in [0.4, 0.5) is 4.79 Å². The average molecular weight is 621 g/mol. The van der Waals surface area contributed by atoms with Crippen LogP contribution in [0.2, 0.25) is 0 Å². The molecule has 3 amide bonds. The fourth-order valence-corrected chi connectivity index (χ4v) is 7.74. The second-order valence-corrected chi connectivity index (χ2v) is 13.7. The zero-order valence-electron chi connectivity index (χ0n) is 27.8. The zero-order valence-corrected chi connectivity index (χ0v) is 27.8. The lowest BCUT2D eigenvalue weighted by Crippen LogP contribution is -2.73. The van der Waals surface area contributed by atoms with Crippen LogP contribution in [0.3, 0.4) is 0 Å². The van der Waals surface area contributed by atoms with Crippen molar-refractivity contribution in [3.63, 3.8) is 0 Å². The van der Waals surface area contributed by atoms with E-state index in [0.717, 1.165) is 42.6 Å². The molecule has 1 aromatic carbocycles. The Morgan fingerprint density at radius 3 is 2.36 bits per heavy atom. The van der Waals surface area contributed by atoms with Gasteiger partial charge in [-0.05, 0) is 69.8 Å².